The summed E-state index contributed by atoms with van der Waals surface area (Å²) in [5, 5.41) is 12.1. The van der Waals surface area contributed by atoms with Crippen LogP contribution >= 0.6 is 0 Å². The molecule has 86 valence electrons. The molecule has 0 amide bonds. The number of hydrogen-bond donors (Lipinski definition) is 2. The summed E-state index contributed by atoms with van der Waals surface area (Å²) < 4.78 is 0. The van der Waals surface area contributed by atoms with Crippen molar-refractivity contribution >= 4 is 11.8 Å². The summed E-state index contributed by atoms with van der Waals surface area (Å²) in [7, 11) is 0. The maximum absolute atomic E-state index is 10.8. The zero-order chi connectivity index (χ0) is 11.5. The van der Waals surface area contributed by atoms with E-state index in [4.69, 9.17) is 5.11 Å². The van der Waals surface area contributed by atoms with Crippen molar-refractivity contribution in [2.45, 2.75) is 6.92 Å². The fraction of sp³-hybridized carbons (Fsp3) is 0.455. The average Bonchev–Trinajstić information content (AvgIpc) is 2.30. The van der Waals surface area contributed by atoms with Crippen molar-refractivity contribution < 1.29 is 9.90 Å². The number of aromatic carboxylic acids is 1. The number of anilines is 1. The summed E-state index contributed by atoms with van der Waals surface area (Å²) in [5.74, 6) is -0.0334. The van der Waals surface area contributed by atoms with Gasteiger partial charge in [-0.2, -0.15) is 0 Å². The number of pyridine rings is 1. The van der Waals surface area contributed by atoms with E-state index in [-0.39, 0.29) is 5.56 Å². The standard InChI is InChI=1S/C11H15N3O2/c1-8-6-9(11(15)16)7-13-10(8)14-4-2-12-3-5-14/h6-7,12H,2-5H2,1H3,(H,15,16). The topological polar surface area (TPSA) is 65.5 Å². The molecule has 2 rings (SSSR count). The van der Waals surface area contributed by atoms with Crippen LogP contribution in [0, 0.1) is 6.92 Å². The number of hydrogen-bond acceptors (Lipinski definition) is 4. The number of carbonyl (C=O) groups is 1. The molecule has 0 spiro atoms. The molecule has 2 heterocycles. The molecule has 1 aromatic heterocycles. The van der Waals surface area contributed by atoms with E-state index in [0.717, 1.165) is 37.6 Å². The van der Waals surface area contributed by atoms with Crippen LogP contribution in [-0.2, 0) is 0 Å². The van der Waals surface area contributed by atoms with Crippen molar-refractivity contribution in [2.75, 3.05) is 31.1 Å². The first-order valence-electron chi connectivity index (χ1n) is 5.34. The minimum absolute atomic E-state index is 0.247. The normalized spacial score (nSPS) is 16.2. The van der Waals surface area contributed by atoms with Gasteiger partial charge in [0.1, 0.15) is 5.82 Å². The molecule has 16 heavy (non-hydrogen) atoms. The Labute approximate surface area is 94.1 Å². The van der Waals surface area contributed by atoms with Crippen LogP contribution in [0.5, 0.6) is 0 Å². The molecule has 1 aromatic rings. The van der Waals surface area contributed by atoms with Crippen molar-refractivity contribution in [1.82, 2.24) is 10.3 Å². The fourth-order valence-corrected chi connectivity index (χ4v) is 1.89. The van der Waals surface area contributed by atoms with Crippen LogP contribution in [0.4, 0.5) is 5.82 Å². The Hall–Kier alpha value is -1.62. The lowest BCUT2D eigenvalue weighted by Gasteiger charge is -2.29. The number of piperazine rings is 1. The Bertz CT molecular complexity index is 400. The second kappa shape index (κ2) is 4.49. The average molecular weight is 221 g/mol. The van der Waals surface area contributed by atoms with Crippen molar-refractivity contribution in [3.8, 4) is 0 Å². The molecule has 1 saturated heterocycles. The van der Waals surface area contributed by atoms with Gasteiger partial charge in [0.15, 0.2) is 0 Å². The first-order valence-corrected chi connectivity index (χ1v) is 5.34. The third-order valence-electron chi connectivity index (χ3n) is 2.71. The lowest BCUT2D eigenvalue weighted by molar-refractivity contribution is 0.0696. The largest absolute Gasteiger partial charge is 0.478 e. The summed E-state index contributed by atoms with van der Waals surface area (Å²) in [6.07, 6.45) is 1.42. The highest BCUT2D eigenvalue weighted by molar-refractivity contribution is 5.87. The molecular formula is C11H15N3O2. The Morgan fingerprint density at radius 3 is 2.75 bits per heavy atom. The molecule has 0 aromatic carbocycles. The van der Waals surface area contributed by atoms with E-state index in [9.17, 15) is 4.79 Å². The van der Waals surface area contributed by atoms with Gasteiger partial charge in [-0.3, -0.25) is 0 Å². The third kappa shape index (κ3) is 2.14. The van der Waals surface area contributed by atoms with E-state index in [1.54, 1.807) is 6.07 Å². The third-order valence-corrected chi connectivity index (χ3v) is 2.71. The molecule has 0 radical (unpaired) electrons. The van der Waals surface area contributed by atoms with E-state index in [1.807, 2.05) is 6.92 Å². The molecule has 0 atom stereocenters. The van der Waals surface area contributed by atoms with Crippen molar-refractivity contribution in [3.63, 3.8) is 0 Å². The number of rotatable bonds is 2. The van der Waals surface area contributed by atoms with Gasteiger partial charge in [-0.15, -0.1) is 0 Å². The summed E-state index contributed by atoms with van der Waals surface area (Å²) >= 11 is 0. The van der Waals surface area contributed by atoms with Gasteiger partial charge in [0, 0.05) is 32.4 Å². The van der Waals surface area contributed by atoms with E-state index < -0.39 is 5.97 Å². The number of carboxylic acids is 1. The van der Waals surface area contributed by atoms with Crippen molar-refractivity contribution in [2.24, 2.45) is 0 Å². The number of nitrogens with zero attached hydrogens (tertiary/aromatic N) is 2. The predicted molar refractivity (Wildman–Crippen MR) is 61.0 cm³/mol. The second-order valence-electron chi connectivity index (χ2n) is 3.91. The number of carboxylic acid groups (broad SMARTS) is 1. The summed E-state index contributed by atoms with van der Waals surface area (Å²) in [5.41, 5.74) is 1.16. The zero-order valence-corrected chi connectivity index (χ0v) is 9.23. The van der Waals surface area contributed by atoms with Crippen LogP contribution in [0.15, 0.2) is 12.3 Å². The molecule has 0 bridgehead atoms. The van der Waals surface area contributed by atoms with Crippen LogP contribution < -0.4 is 10.2 Å². The molecule has 5 heteroatoms. The van der Waals surface area contributed by atoms with E-state index in [2.05, 4.69) is 15.2 Å². The van der Waals surface area contributed by atoms with Crippen LogP contribution in [-0.4, -0.2) is 42.2 Å². The summed E-state index contributed by atoms with van der Waals surface area (Å²) in [6, 6.07) is 1.67. The van der Waals surface area contributed by atoms with Crippen LogP contribution in [0.25, 0.3) is 0 Å². The second-order valence-corrected chi connectivity index (χ2v) is 3.91. The molecule has 0 aliphatic carbocycles. The Morgan fingerprint density at radius 1 is 1.50 bits per heavy atom. The number of aryl methyl sites for hydroxylation is 1. The Balaban J connectivity index is 2.24. The monoisotopic (exact) mass is 221 g/mol. The molecule has 2 N–H and O–H groups in total. The fourth-order valence-electron chi connectivity index (χ4n) is 1.89. The first-order chi connectivity index (χ1) is 7.68. The molecule has 5 nitrogen and oxygen atoms in total. The van der Waals surface area contributed by atoms with Gasteiger partial charge in [0.25, 0.3) is 0 Å². The summed E-state index contributed by atoms with van der Waals surface area (Å²) in [4.78, 5) is 17.2. The maximum Gasteiger partial charge on any atom is 0.337 e. The molecule has 0 saturated carbocycles. The van der Waals surface area contributed by atoms with Crippen molar-refractivity contribution in [1.29, 1.82) is 0 Å². The van der Waals surface area contributed by atoms with Gasteiger partial charge in [-0.05, 0) is 18.6 Å². The van der Waals surface area contributed by atoms with Crippen LogP contribution in [0.2, 0.25) is 0 Å². The number of aromatic nitrogens is 1. The van der Waals surface area contributed by atoms with E-state index >= 15 is 0 Å². The van der Waals surface area contributed by atoms with Crippen LogP contribution in [0.3, 0.4) is 0 Å². The molecular weight excluding hydrogens is 206 g/mol. The number of nitrogens with one attached hydrogen (secondary N) is 1. The molecule has 1 aliphatic rings. The van der Waals surface area contributed by atoms with Gasteiger partial charge in [-0.1, -0.05) is 0 Å². The van der Waals surface area contributed by atoms with Gasteiger partial charge in [0.2, 0.25) is 0 Å². The van der Waals surface area contributed by atoms with Crippen molar-refractivity contribution in [3.05, 3.63) is 23.4 Å². The smallest absolute Gasteiger partial charge is 0.337 e. The van der Waals surface area contributed by atoms with Gasteiger partial charge in [-0.25, -0.2) is 9.78 Å². The Kier molecular flexibility index (Phi) is 3.05. The lowest BCUT2D eigenvalue weighted by atomic mass is 10.2. The highest BCUT2D eigenvalue weighted by Gasteiger charge is 2.15. The van der Waals surface area contributed by atoms with Gasteiger partial charge in [0.05, 0.1) is 5.56 Å². The Morgan fingerprint density at radius 2 is 2.19 bits per heavy atom. The highest BCUT2D eigenvalue weighted by atomic mass is 16.4. The minimum atomic E-state index is -0.928. The molecule has 0 unspecified atom stereocenters. The van der Waals surface area contributed by atoms with Crippen LogP contribution in [0.1, 0.15) is 15.9 Å². The first kappa shape index (κ1) is 10.9. The van der Waals surface area contributed by atoms with E-state index in [0.29, 0.717) is 0 Å². The van der Waals surface area contributed by atoms with Gasteiger partial charge < -0.3 is 15.3 Å². The van der Waals surface area contributed by atoms with E-state index in [1.165, 1.54) is 6.20 Å². The van der Waals surface area contributed by atoms with Gasteiger partial charge >= 0.3 is 5.97 Å². The summed E-state index contributed by atoms with van der Waals surface area (Å²) in [6.45, 7) is 5.63. The molecule has 1 fully saturated rings. The predicted octanol–water partition coefficient (Wildman–Crippen LogP) is 0.498. The molecule has 1 aliphatic heterocycles. The zero-order valence-electron chi connectivity index (χ0n) is 9.23. The lowest BCUT2D eigenvalue weighted by Crippen LogP contribution is -2.44. The maximum atomic E-state index is 10.8. The highest BCUT2D eigenvalue weighted by Crippen LogP contribution is 2.18. The quantitative estimate of drug-likeness (QED) is 0.761. The SMILES string of the molecule is Cc1cc(C(=O)O)cnc1N1CCNCC1. The minimum Gasteiger partial charge on any atom is -0.478 e.